The number of benzene rings is 2. The summed E-state index contributed by atoms with van der Waals surface area (Å²) in [7, 11) is 3.27. The van der Waals surface area contributed by atoms with Crippen LogP contribution in [0.25, 0.3) is 0 Å². The lowest BCUT2D eigenvalue weighted by molar-refractivity contribution is 0.0506. The first-order chi connectivity index (χ1) is 13.1. The number of phenols is 1. The third-order valence-corrected chi connectivity index (χ3v) is 3.64. The van der Waals surface area contributed by atoms with Crippen LogP contribution in [0, 0.1) is 0 Å². The number of hydrogen-bond donors (Lipinski definition) is 1. The molecule has 0 aliphatic carbocycles. The summed E-state index contributed by atoms with van der Waals surface area (Å²) in [6.07, 6.45) is 0. The highest BCUT2D eigenvalue weighted by Gasteiger charge is 1.96. The van der Waals surface area contributed by atoms with Gasteiger partial charge in [0, 0.05) is 20.8 Å². The van der Waals surface area contributed by atoms with Crippen LogP contribution in [0.1, 0.15) is 42.0 Å². The summed E-state index contributed by atoms with van der Waals surface area (Å²) in [6.45, 7) is 11.1. The number of aromatic hydroxyl groups is 1. The molecule has 0 amide bonds. The summed E-state index contributed by atoms with van der Waals surface area (Å²) in [5.74, 6) is 1.09. The highest BCUT2D eigenvalue weighted by atomic mass is 79.9. The van der Waals surface area contributed by atoms with Gasteiger partial charge in [-0.3, -0.25) is 0 Å². The van der Waals surface area contributed by atoms with Crippen LogP contribution in [0.3, 0.4) is 0 Å². The zero-order valence-electron chi connectivity index (χ0n) is 17.5. The molecule has 2 aromatic rings. The predicted octanol–water partition coefficient (Wildman–Crippen LogP) is 7.93. The zero-order valence-corrected chi connectivity index (χ0v) is 20.6. The standard InChI is InChI=1S/C8H9BrO2.C6H5BrO.C3H8O.2C2H6.CH4/c1-10-6-11-8-5-3-2-4-7(8)9;7-5-3-1-2-4-6(5)8;1-3-4-2;2*1-2;/h2-5H,6H2,1H3;1-4,8H;3H2,1-2H3;2*1-2H3;1H4. The largest absolute Gasteiger partial charge is 0.507 e. The van der Waals surface area contributed by atoms with Crippen LogP contribution in [0.15, 0.2) is 57.5 Å². The third-order valence-electron chi connectivity index (χ3n) is 2.31. The summed E-state index contributed by atoms with van der Waals surface area (Å²) >= 11 is 6.49. The van der Waals surface area contributed by atoms with E-state index in [4.69, 9.17) is 14.6 Å². The van der Waals surface area contributed by atoms with Gasteiger partial charge in [-0.1, -0.05) is 59.4 Å². The Morgan fingerprint density at radius 3 is 1.54 bits per heavy atom. The molecule has 0 atom stereocenters. The first-order valence-electron chi connectivity index (χ1n) is 8.85. The van der Waals surface area contributed by atoms with Crippen LogP contribution in [-0.4, -0.2) is 32.7 Å². The van der Waals surface area contributed by atoms with Crippen LogP contribution in [0.5, 0.6) is 11.5 Å². The van der Waals surface area contributed by atoms with Crippen molar-refractivity contribution in [2.45, 2.75) is 42.0 Å². The third kappa shape index (κ3) is 21.2. The van der Waals surface area contributed by atoms with Crippen LogP contribution in [0.2, 0.25) is 0 Å². The van der Waals surface area contributed by atoms with Crippen molar-refractivity contribution in [3.05, 3.63) is 57.5 Å². The molecule has 0 aliphatic heterocycles. The van der Waals surface area contributed by atoms with Gasteiger partial charge in [0.15, 0.2) is 6.79 Å². The molecule has 0 bridgehead atoms. The van der Waals surface area contributed by atoms with Gasteiger partial charge in [-0.25, -0.2) is 0 Å². The minimum absolute atomic E-state index is 0. The summed E-state index contributed by atoms with van der Waals surface area (Å²) in [4.78, 5) is 0. The molecule has 2 rings (SSSR count). The molecule has 0 saturated heterocycles. The van der Waals surface area contributed by atoms with Crippen LogP contribution in [0.4, 0.5) is 0 Å². The van der Waals surface area contributed by atoms with Gasteiger partial charge in [0.05, 0.1) is 8.95 Å². The van der Waals surface area contributed by atoms with Crippen LogP contribution >= 0.6 is 31.9 Å². The number of para-hydroxylation sites is 2. The molecule has 0 aromatic heterocycles. The van der Waals surface area contributed by atoms with Crippen molar-refractivity contribution >= 4 is 31.9 Å². The van der Waals surface area contributed by atoms with Crippen molar-refractivity contribution in [2.24, 2.45) is 0 Å². The Morgan fingerprint density at radius 1 is 0.786 bits per heavy atom. The van der Waals surface area contributed by atoms with Crippen molar-refractivity contribution in [2.75, 3.05) is 27.6 Å². The SMILES string of the molecule is C.CC.CC.CCOC.COCOc1ccccc1Br.Oc1ccccc1Br. The Hall–Kier alpha value is -1.08. The van der Waals surface area contributed by atoms with Gasteiger partial charge in [-0.15, -0.1) is 0 Å². The Morgan fingerprint density at radius 2 is 1.21 bits per heavy atom. The van der Waals surface area contributed by atoms with Gasteiger partial charge in [0.25, 0.3) is 0 Å². The summed E-state index contributed by atoms with van der Waals surface area (Å²) < 4.78 is 16.2. The fourth-order valence-electron chi connectivity index (χ4n) is 1.14. The lowest BCUT2D eigenvalue weighted by atomic mass is 10.3. The fraction of sp³-hybridized carbons (Fsp3) is 0.455. The molecule has 1 N–H and O–H groups in total. The van der Waals surface area contributed by atoms with E-state index in [1.807, 2.05) is 65.0 Å². The second-order valence-electron chi connectivity index (χ2n) is 4.01. The number of ether oxygens (including phenoxy) is 3. The van der Waals surface area contributed by atoms with Crippen molar-refractivity contribution in [3.63, 3.8) is 0 Å². The Bertz CT molecular complexity index is 514. The molecule has 0 heterocycles. The van der Waals surface area contributed by atoms with Gasteiger partial charge >= 0.3 is 0 Å². The second-order valence-corrected chi connectivity index (χ2v) is 5.72. The van der Waals surface area contributed by atoms with E-state index in [0.717, 1.165) is 21.3 Å². The van der Waals surface area contributed by atoms with Crippen molar-refractivity contribution < 1.29 is 19.3 Å². The number of rotatable bonds is 4. The predicted molar refractivity (Wildman–Crippen MR) is 129 cm³/mol. The molecule has 0 unspecified atom stereocenters. The van der Waals surface area contributed by atoms with E-state index in [1.165, 1.54) is 0 Å². The van der Waals surface area contributed by atoms with Gasteiger partial charge in [-0.05, 0) is 63.0 Å². The van der Waals surface area contributed by atoms with Crippen molar-refractivity contribution in [1.82, 2.24) is 0 Å². The van der Waals surface area contributed by atoms with Crippen LogP contribution in [-0.2, 0) is 9.47 Å². The number of phenolic OH excluding ortho intramolecular Hbond substituents is 1. The summed E-state index contributed by atoms with van der Waals surface area (Å²) in [6, 6.07) is 14.7. The minimum Gasteiger partial charge on any atom is -0.507 e. The summed E-state index contributed by atoms with van der Waals surface area (Å²) in [5, 5.41) is 8.87. The molecule has 0 aliphatic rings. The van der Waals surface area contributed by atoms with Gasteiger partial charge < -0.3 is 19.3 Å². The molecular formula is C22H38Br2O4. The number of methoxy groups -OCH3 is 2. The normalized spacial score (nSPS) is 7.89. The maximum atomic E-state index is 8.87. The highest BCUT2D eigenvalue weighted by Crippen LogP contribution is 2.23. The van der Waals surface area contributed by atoms with Gasteiger partial charge in [-0.2, -0.15) is 0 Å². The number of halogens is 2. The van der Waals surface area contributed by atoms with Gasteiger partial charge in [0.1, 0.15) is 11.5 Å². The molecule has 0 radical (unpaired) electrons. The summed E-state index contributed by atoms with van der Waals surface area (Å²) in [5.41, 5.74) is 0. The van der Waals surface area contributed by atoms with E-state index in [1.54, 1.807) is 32.4 Å². The molecular weight excluding hydrogens is 488 g/mol. The van der Waals surface area contributed by atoms with Crippen molar-refractivity contribution in [3.8, 4) is 11.5 Å². The Labute approximate surface area is 189 Å². The Balaban J connectivity index is -0.000000150. The molecule has 6 heteroatoms. The zero-order chi connectivity index (χ0) is 21.5. The first-order valence-corrected chi connectivity index (χ1v) is 10.4. The quantitative estimate of drug-likeness (QED) is 0.411. The average molecular weight is 526 g/mol. The highest BCUT2D eigenvalue weighted by molar-refractivity contribution is 9.10. The van der Waals surface area contributed by atoms with E-state index in [2.05, 4.69) is 36.6 Å². The lowest BCUT2D eigenvalue weighted by Gasteiger charge is -2.05. The maximum absolute atomic E-state index is 8.87. The topological polar surface area (TPSA) is 47.9 Å². The van der Waals surface area contributed by atoms with E-state index in [-0.39, 0.29) is 20.0 Å². The first kappa shape index (κ1) is 34.4. The molecule has 164 valence electrons. The Kier molecular flexibility index (Phi) is 34.6. The molecule has 4 nitrogen and oxygen atoms in total. The smallest absolute Gasteiger partial charge is 0.188 e. The van der Waals surface area contributed by atoms with E-state index < -0.39 is 0 Å². The maximum Gasteiger partial charge on any atom is 0.188 e. The minimum atomic E-state index is 0. The van der Waals surface area contributed by atoms with Gasteiger partial charge in [0.2, 0.25) is 0 Å². The monoisotopic (exact) mass is 524 g/mol. The van der Waals surface area contributed by atoms with Crippen LogP contribution < -0.4 is 4.74 Å². The van der Waals surface area contributed by atoms with E-state index >= 15 is 0 Å². The van der Waals surface area contributed by atoms with Crippen molar-refractivity contribution in [1.29, 1.82) is 0 Å². The molecule has 0 saturated carbocycles. The fourth-order valence-corrected chi connectivity index (χ4v) is 1.82. The number of hydrogen-bond acceptors (Lipinski definition) is 4. The van der Waals surface area contributed by atoms with E-state index in [9.17, 15) is 0 Å². The lowest BCUT2D eigenvalue weighted by Crippen LogP contribution is -1.98. The average Bonchev–Trinajstić information content (AvgIpc) is 2.73. The van der Waals surface area contributed by atoms with E-state index in [0.29, 0.717) is 0 Å². The molecule has 28 heavy (non-hydrogen) atoms. The molecule has 0 spiro atoms. The molecule has 0 fully saturated rings. The second kappa shape index (κ2) is 28.1. The molecule has 2 aromatic carbocycles.